The summed E-state index contributed by atoms with van der Waals surface area (Å²) in [6.07, 6.45) is 0. The zero-order chi connectivity index (χ0) is 18.8. The van der Waals surface area contributed by atoms with Crippen LogP contribution < -0.4 is 14.8 Å². The first-order chi connectivity index (χ1) is 13.1. The van der Waals surface area contributed by atoms with E-state index in [1.54, 1.807) is 11.0 Å². The summed E-state index contributed by atoms with van der Waals surface area (Å²) in [5.74, 6) is 1.22. The second-order valence-corrected chi connectivity index (χ2v) is 6.84. The van der Waals surface area contributed by atoms with Gasteiger partial charge in [-0.3, -0.25) is 4.90 Å². The third-order valence-corrected chi connectivity index (χ3v) is 4.94. The lowest BCUT2D eigenvalue weighted by atomic mass is 10.1. The summed E-state index contributed by atoms with van der Waals surface area (Å²) in [6, 6.07) is 10.2. The van der Waals surface area contributed by atoms with Crippen LogP contribution in [-0.4, -0.2) is 48.8 Å². The van der Waals surface area contributed by atoms with E-state index in [1.807, 2.05) is 25.1 Å². The van der Waals surface area contributed by atoms with Crippen molar-refractivity contribution < 1.29 is 18.7 Å². The fourth-order valence-electron chi connectivity index (χ4n) is 3.33. The fourth-order valence-corrected chi connectivity index (χ4v) is 3.33. The minimum Gasteiger partial charge on any atom is -0.454 e. The van der Waals surface area contributed by atoms with Crippen molar-refractivity contribution in [2.24, 2.45) is 0 Å². The molecule has 2 aliphatic rings. The Morgan fingerprint density at radius 2 is 1.85 bits per heavy atom. The number of urea groups is 1. The number of hydrogen-bond acceptors (Lipinski definition) is 4. The zero-order valence-corrected chi connectivity index (χ0v) is 15.2. The summed E-state index contributed by atoms with van der Waals surface area (Å²) in [6.45, 7) is 5.74. The van der Waals surface area contributed by atoms with E-state index in [2.05, 4.69) is 10.2 Å². The van der Waals surface area contributed by atoms with Gasteiger partial charge in [-0.15, -0.1) is 0 Å². The van der Waals surface area contributed by atoms with E-state index in [0.29, 0.717) is 18.8 Å². The van der Waals surface area contributed by atoms with E-state index in [1.165, 1.54) is 12.1 Å². The number of piperazine rings is 1. The van der Waals surface area contributed by atoms with Gasteiger partial charge in [-0.2, -0.15) is 0 Å². The molecule has 2 heterocycles. The van der Waals surface area contributed by atoms with Crippen molar-refractivity contribution in [2.45, 2.75) is 13.5 Å². The van der Waals surface area contributed by atoms with Gasteiger partial charge in [0.05, 0.1) is 0 Å². The van der Waals surface area contributed by atoms with Gasteiger partial charge in [0, 0.05) is 38.4 Å². The van der Waals surface area contributed by atoms with E-state index in [9.17, 15) is 9.18 Å². The molecule has 2 aliphatic heterocycles. The lowest BCUT2D eigenvalue weighted by molar-refractivity contribution is 0.143. The largest absolute Gasteiger partial charge is 0.454 e. The number of benzene rings is 2. The van der Waals surface area contributed by atoms with Gasteiger partial charge in [0.2, 0.25) is 6.79 Å². The van der Waals surface area contributed by atoms with Gasteiger partial charge in [0.25, 0.3) is 0 Å². The Hall–Kier alpha value is -2.80. The zero-order valence-electron chi connectivity index (χ0n) is 15.2. The van der Waals surface area contributed by atoms with Crippen LogP contribution in [0.2, 0.25) is 0 Å². The van der Waals surface area contributed by atoms with Crippen molar-refractivity contribution in [3.63, 3.8) is 0 Å². The number of hydrogen-bond donors (Lipinski definition) is 1. The second-order valence-electron chi connectivity index (χ2n) is 6.84. The molecule has 142 valence electrons. The minimum absolute atomic E-state index is 0.188. The Labute approximate surface area is 157 Å². The average molecular weight is 371 g/mol. The molecule has 0 saturated carbocycles. The number of halogens is 1. The molecule has 0 bridgehead atoms. The molecular formula is C20H22FN3O3. The number of carbonyl (C=O) groups is 1. The third kappa shape index (κ3) is 3.98. The summed E-state index contributed by atoms with van der Waals surface area (Å²) < 4.78 is 24.2. The molecule has 27 heavy (non-hydrogen) atoms. The van der Waals surface area contributed by atoms with Crippen LogP contribution in [0.25, 0.3) is 0 Å². The first-order valence-electron chi connectivity index (χ1n) is 9.01. The van der Waals surface area contributed by atoms with E-state index in [0.717, 1.165) is 42.3 Å². The van der Waals surface area contributed by atoms with Crippen LogP contribution in [0.3, 0.4) is 0 Å². The van der Waals surface area contributed by atoms with Gasteiger partial charge >= 0.3 is 6.03 Å². The minimum atomic E-state index is -0.357. The van der Waals surface area contributed by atoms with E-state index >= 15 is 0 Å². The van der Waals surface area contributed by atoms with Crippen LogP contribution in [0.4, 0.5) is 14.9 Å². The number of ether oxygens (including phenoxy) is 2. The molecule has 2 aromatic carbocycles. The lowest BCUT2D eigenvalue weighted by Crippen LogP contribution is -2.49. The van der Waals surface area contributed by atoms with Gasteiger partial charge in [-0.05, 0) is 42.3 Å². The first kappa shape index (κ1) is 17.6. The molecule has 2 aromatic rings. The number of fused-ring (bicyclic) bond motifs is 1. The highest BCUT2D eigenvalue weighted by Crippen LogP contribution is 2.32. The van der Waals surface area contributed by atoms with Gasteiger partial charge in [-0.25, -0.2) is 9.18 Å². The quantitative estimate of drug-likeness (QED) is 0.900. The molecule has 1 saturated heterocycles. The summed E-state index contributed by atoms with van der Waals surface area (Å²) in [4.78, 5) is 16.5. The monoisotopic (exact) mass is 371 g/mol. The van der Waals surface area contributed by atoms with Crippen molar-refractivity contribution in [1.29, 1.82) is 0 Å². The van der Waals surface area contributed by atoms with Crippen molar-refractivity contribution in [2.75, 3.05) is 38.3 Å². The SMILES string of the molecule is Cc1ccc(F)cc1NC(=O)N1CCN(Cc2ccc3c(c2)OCO3)CC1. The molecule has 0 unspecified atom stereocenters. The summed E-state index contributed by atoms with van der Waals surface area (Å²) in [5, 5.41) is 2.81. The van der Waals surface area contributed by atoms with Crippen LogP contribution in [-0.2, 0) is 6.54 Å². The predicted molar refractivity (Wildman–Crippen MR) is 99.6 cm³/mol. The molecule has 7 heteroatoms. The first-order valence-corrected chi connectivity index (χ1v) is 9.01. The smallest absolute Gasteiger partial charge is 0.321 e. The summed E-state index contributed by atoms with van der Waals surface area (Å²) in [5.41, 5.74) is 2.52. The Kier molecular flexibility index (Phi) is 4.85. The van der Waals surface area contributed by atoms with Crippen LogP contribution in [0.5, 0.6) is 11.5 Å². The van der Waals surface area contributed by atoms with Gasteiger partial charge in [0.15, 0.2) is 11.5 Å². The standard InChI is InChI=1S/C20H22FN3O3/c1-14-2-4-16(21)11-17(14)22-20(25)24-8-6-23(7-9-24)12-15-3-5-18-19(10-15)27-13-26-18/h2-5,10-11H,6-9,12-13H2,1H3,(H,22,25). The van der Waals surface area contributed by atoms with Gasteiger partial charge < -0.3 is 19.7 Å². The Morgan fingerprint density at radius 3 is 2.67 bits per heavy atom. The molecule has 1 N–H and O–H groups in total. The molecule has 0 spiro atoms. The maximum atomic E-state index is 13.4. The average Bonchev–Trinajstić information content (AvgIpc) is 3.13. The Bertz CT molecular complexity index is 850. The molecular weight excluding hydrogens is 349 g/mol. The van der Waals surface area contributed by atoms with Crippen molar-refractivity contribution in [3.05, 3.63) is 53.3 Å². The maximum Gasteiger partial charge on any atom is 0.321 e. The Balaban J connectivity index is 1.30. The number of rotatable bonds is 3. The molecule has 0 atom stereocenters. The van der Waals surface area contributed by atoms with E-state index in [4.69, 9.17) is 9.47 Å². The highest BCUT2D eigenvalue weighted by Gasteiger charge is 2.22. The Morgan fingerprint density at radius 1 is 1.07 bits per heavy atom. The van der Waals surface area contributed by atoms with Gasteiger partial charge in [0.1, 0.15) is 5.82 Å². The van der Waals surface area contributed by atoms with E-state index < -0.39 is 0 Å². The highest BCUT2D eigenvalue weighted by atomic mass is 19.1. The molecule has 0 radical (unpaired) electrons. The second kappa shape index (κ2) is 7.44. The van der Waals surface area contributed by atoms with Crippen molar-refractivity contribution in [1.82, 2.24) is 9.80 Å². The highest BCUT2D eigenvalue weighted by molar-refractivity contribution is 5.90. The van der Waals surface area contributed by atoms with Crippen LogP contribution >= 0.6 is 0 Å². The molecule has 6 nitrogen and oxygen atoms in total. The fraction of sp³-hybridized carbons (Fsp3) is 0.350. The number of anilines is 1. The summed E-state index contributed by atoms with van der Waals surface area (Å²) >= 11 is 0. The number of amides is 2. The maximum absolute atomic E-state index is 13.4. The molecule has 2 amide bonds. The van der Waals surface area contributed by atoms with Crippen LogP contribution in [0, 0.1) is 12.7 Å². The van der Waals surface area contributed by atoms with Gasteiger partial charge in [-0.1, -0.05) is 12.1 Å². The molecule has 0 aromatic heterocycles. The number of carbonyl (C=O) groups excluding carboxylic acids is 1. The molecule has 4 rings (SSSR count). The lowest BCUT2D eigenvalue weighted by Gasteiger charge is -2.34. The number of nitrogens with one attached hydrogen (secondary N) is 1. The molecule has 1 fully saturated rings. The molecule has 0 aliphatic carbocycles. The topological polar surface area (TPSA) is 54.0 Å². The number of aryl methyl sites for hydroxylation is 1. The predicted octanol–water partition coefficient (Wildman–Crippen LogP) is 3.21. The number of nitrogens with zero attached hydrogens (tertiary/aromatic N) is 2. The van der Waals surface area contributed by atoms with Crippen LogP contribution in [0.1, 0.15) is 11.1 Å². The van der Waals surface area contributed by atoms with Crippen LogP contribution in [0.15, 0.2) is 36.4 Å². The summed E-state index contributed by atoms with van der Waals surface area (Å²) in [7, 11) is 0. The third-order valence-electron chi connectivity index (χ3n) is 4.94. The normalized spacial score (nSPS) is 16.4. The van der Waals surface area contributed by atoms with Crippen molar-refractivity contribution >= 4 is 11.7 Å². The van der Waals surface area contributed by atoms with Crippen molar-refractivity contribution in [3.8, 4) is 11.5 Å². The van der Waals surface area contributed by atoms with E-state index in [-0.39, 0.29) is 18.6 Å².